The Morgan fingerprint density at radius 2 is 1.43 bits per heavy atom. The Labute approximate surface area is 587 Å². The molecule has 103 heavy (non-hydrogen) atoms. The summed E-state index contributed by atoms with van der Waals surface area (Å²) in [6.07, 6.45) is -5.86. The van der Waals surface area contributed by atoms with Crippen molar-refractivity contribution in [3.63, 3.8) is 0 Å². The number of aliphatic hydroxyl groups excluding tert-OH is 2. The molecule has 0 bridgehead atoms. The fourth-order valence-electron chi connectivity index (χ4n) is 12.5. The lowest BCUT2D eigenvalue weighted by atomic mass is 9.81. The van der Waals surface area contributed by atoms with E-state index in [1.165, 1.54) is 17.6 Å². The number of ether oxygens (including phenoxy) is 3. The number of hydrogen-bond acceptors (Lipinski definition) is 22. The second-order valence-corrected chi connectivity index (χ2v) is 25.5. The van der Waals surface area contributed by atoms with Crippen LogP contribution in [0.3, 0.4) is 0 Å². The van der Waals surface area contributed by atoms with Crippen LogP contribution in [0.1, 0.15) is 117 Å². The molecule has 0 saturated carbocycles. The van der Waals surface area contributed by atoms with Crippen LogP contribution in [-0.4, -0.2) is 202 Å². The summed E-state index contributed by atoms with van der Waals surface area (Å²) in [6, 6.07) is 6.88. The van der Waals surface area contributed by atoms with Crippen molar-refractivity contribution in [1.82, 2.24) is 62.7 Å². The molecule has 36 heteroatoms. The van der Waals surface area contributed by atoms with Gasteiger partial charge < -0.3 is 104 Å². The van der Waals surface area contributed by atoms with E-state index in [2.05, 4.69) is 53.2 Å². The first-order valence-electron chi connectivity index (χ1n) is 33.5. The van der Waals surface area contributed by atoms with Crippen molar-refractivity contribution in [2.75, 3.05) is 52.6 Å². The number of primary amides is 1. The molecule has 1 saturated heterocycles. The second kappa shape index (κ2) is 35.5. The third-order valence-electron chi connectivity index (χ3n) is 18.1. The Morgan fingerprint density at radius 3 is 2.12 bits per heavy atom. The quantitative estimate of drug-likeness (QED) is 0.0102. The van der Waals surface area contributed by atoms with Crippen molar-refractivity contribution >= 4 is 87.8 Å². The molecule has 0 radical (unpaired) electrons. The summed E-state index contributed by atoms with van der Waals surface area (Å²) < 4.78 is 33.3. The molecule has 3 unspecified atom stereocenters. The maximum atomic E-state index is 15.5. The molecule has 4 aliphatic rings. The number of hydrogen-bond donors (Lipinski definition) is 16. The van der Waals surface area contributed by atoms with Crippen molar-refractivity contribution in [3.05, 3.63) is 97.6 Å². The van der Waals surface area contributed by atoms with Crippen molar-refractivity contribution in [2.45, 2.75) is 159 Å². The maximum absolute atomic E-state index is 15.5. The largest absolute Gasteiger partial charge is 0.481 e. The van der Waals surface area contributed by atoms with Crippen LogP contribution in [0, 0.1) is 18.7 Å². The van der Waals surface area contributed by atoms with Gasteiger partial charge in [-0.3, -0.25) is 62.3 Å². The van der Waals surface area contributed by atoms with Gasteiger partial charge in [-0.05, 0) is 74.3 Å². The number of unbranched alkanes of at least 4 members (excludes halogenated alkanes) is 1. The van der Waals surface area contributed by atoms with Crippen LogP contribution in [-0.2, 0) is 108 Å². The first kappa shape index (κ1) is 78.3. The molecule has 2 aromatic carbocycles. The third-order valence-corrected chi connectivity index (χ3v) is 18.1. The number of amides is 11. The predicted molar refractivity (Wildman–Crippen MR) is 356 cm³/mol. The van der Waals surface area contributed by atoms with Crippen LogP contribution < -0.4 is 70.2 Å². The average Bonchev–Trinajstić information content (AvgIpc) is 1.60. The van der Waals surface area contributed by atoms with Gasteiger partial charge >= 0.3 is 11.9 Å². The van der Waals surface area contributed by atoms with Crippen molar-refractivity contribution in [1.29, 1.82) is 0 Å². The van der Waals surface area contributed by atoms with Crippen LogP contribution in [0.15, 0.2) is 47.3 Å². The molecule has 5 heterocycles. The molecule has 11 amide bonds. The highest BCUT2D eigenvalue weighted by atomic mass is 19.1. The van der Waals surface area contributed by atoms with Crippen LogP contribution in [0.4, 0.5) is 4.39 Å². The summed E-state index contributed by atoms with van der Waals surface area (Å²) in [5, 5.41) is 66.7. The fraction of sp³-hybridized carbons (Fsp3) is 0.507. The van der Waals surface area contributed by atoms with Gasteiger partial charge in [0.1, 0.15) is 56.2 Å². The smallest absolute Gasteiger partial charge is 0.343 e. The number of carboxylic acids is 1. The Morgan fingerprint density at radius 1 is 0.777 bits per heavy atom. The second-order valence-electron chi connectivity index (χ2n) is 25.5. The Balaban J connectivity index is 0.810. The Hall–Kier alpha value is -10.4. The van der Waals surface area contributed by atoms with E-state index in [-0.39, 0.29) is 55.7 Å². The summed E-state index contributed by atoms with van der Waals surface area (Å²) in [4.78, 5) is 186. The lowest BCUT2D eigenvalue weighted by molar-refractivity contribution is -0.173. The Kier molecular flexibility index (Phi) is 27.0. The molecule has 8 rings (SSSR count). The molecule has 4 aromatic rings. The zero-order valence-corrected chi connectivity index (χ0v) is 56.7. The first-order chi connectivity index (χ1) is 49.0. The van der Waals surface area contributed by atoms with Gasteiger partial charge in [0.25, 0.3) is 5.56 Å². The number of pyridine rings is 2. The minimum Gasteiger partial charge on any atom is -0.481 e. The number of aryl methyl sites for hydroxylation is 1. The van der Waals surface area contributed by atoms with Gasteiger partial charge in [0.15, 0.2) is 5.60 Å². The summed E-state index contributed by atoms with van der Waals surface area (Å²) in [5.74, 6) is -12.8. The van der Waals surface area contributed by atoms with E-state index >= 15 is 4.39 Å². The number of nitrogens with two attached hydrogens (primary N) is 2. The van der Waals surface area contributed by atoms with Gasteiger partial charge in [0.05, 0.1) is 79.7 Å². The third kappa shape index (κ3) is 20.0. The maximum Gasteiger partial charge on any atom is 0.343 e. The number of carbonyl (C=O) groups excluding carboxylic acids is 12. The molecule has 1 fully saturated rings. The molecule has 3 aliphatic heterocycles. The molecule has 2 aromatic heterocycles. The van der Waals surface area contributed by atoms with E-state index in [1.54, 1.807) is 43.3 Å². The number of nitrogens with zero attached hydrogens (tertiary/aromatic N) is 2. The average molecular weight is 1440 g/mol. The summed E-state index contributed by atoms with van der Waals surface area (Å²) >= 11 is 0. The minimum atomic E-state index is -2.08. The number of carbonyl (C=O) groups is 13. The van der Waals surface area contributed by atoms with Gasteiger partial charge in [-0.15, -0.1) is 0 Å². The zero-order chi connectivity index (χ0) is 75.0. The fourth-order valence-corrected chi connectivity index (χ4v) is 12.5. The number of esters is 1. The van der Waals surface area contributed by atoms with Gasteiger partial charge in [-0.1, -0.05) is 43.7 Å². The zero-order valence-electron chi connectivity index (χ0n) is 56.7. The van der Waals surface area contributed by atoms with Crippen LogP contribution in [0.2, 0.25) is 0 Å². The number of aromatic nitrogens is 2. The molecule has 35 nitrogen and oxygen atoms in total. The molecule has 10 atom stereocenters. The van der Waals surface area contributed by atoms with Gasteiger partial charge in [-0.2, -0.15) is 0 Å². The van der Waals surface area contributed by atoms with Crippen LogP contribution >= 0.6 is 0 Å². The Bertz CT molecular complexity index is 4010. The summed E-state index contributed by atoms with van der Waals surface area (Å²) in [7, 11) is 0. The number of fused-ring (bicyclic) bond motifs is 5. The van der Waals surface area contributed by atoms with E-state index in [9.17, 15) is 87.5 Å². The standard InChI is InChI=1S/C67H85FN14O21/c1-4-5-16-67(100)39-20-45-59-37(28-82(45)64(96)38(39)29-102-66(67)99)58-41(12-11-35-32(2)40(68)21-43(81-59)57(35)58)78-56(91)30-101-31-77-54(89)26-76-63(95)44(18-34-9-7-6-8-10-34)80-55(90)27-74-53(88)25-75-62(94)42(13-14-49(84)72-23-47-61(93)60(92)46(103-47)22-48(70)83)79-50(85)15-17-71-52(87)24-73-51(86)19-36(33(3)69)65(97)98/h6-10,20-21,33,36,41-42,44,46-47,60-61,92-93,100H,4-5,11-19,22-31,69H2,1-3H3,(H2,70,83)(H,71,87)(H,72,84)(H,73,86)(H,74,88)(H,75,94)(H,76,95)(H,77,89)(H,78,91)(H,79,85)(H,80,90)(H,97,98)/t33?,36?,41-,42-,44-,46-,47+,60-,61?,67-/m0/s1. The molecule has 556 valence electrons. The number of cyclic esters (lactones) is 1. The molecular formula is C67H85FN14O21. The van der Waals surface area contributed by atoms with Gasteiger partial charge in [0, 0.05) is 67.4 Å². The van der Waals surface area contributed by atoms with Gasteiger partial charge in [-0.25, -0.2) is 14.2 Å². The highest BCUT2D eigenvalue weighted by molar-refractivity contribution is 5.96. The normalized spacial score (nSPS) is 19.5. The van der Waals surface area contributed by atoms with Crippen molar-refractivity contribution in [2.24, 2.45) is 17.4 Å². The monoisotopic (exact) mass is 1440 g/mol. The van der Waals surface area contributed by atoms with E-state index in [0.29, 0.717) is 70.3 Å². The number of halogens is 1. The topological polar surface area (TPSA) is 538 Å². The van der Waals surface area contributed by atoms with Crippen molar-refractivity contribution in [3.8, 4) is 11.4 Å². The van der Waals surface area contributed by atoms with Crippen LogP contribution in [0.25, 0.3) is 22.3 Å². The van der Waals surface area contributed by atoms with Gasteiger partial charge in [0.2, 0.25) is 65.0 Å². The van der Waals surface area contributed by atoms with E-state index < -0.39 is 220 Å². The number of nitrogens with one attached hydrogen (secondary N) is 10. The number of carboxylic acid groups (broad SMARTS) is 1. The van der Waals surface area contributed by atoms with E-state index in [4.69, 9.17) is 30.7 Å². The first-order valence-corrected chi connectivity index (χ1v) is 33.5. The predicted octanol–water partition coefficient (Wildman–Crippen LogP) is -4.62. The van der Waals surface area contributed by atoms with E-state index in [0.717, 1.165) is 0 Å². The number of rotatable bonds is 36. The molecule has 18 N–H and O–H groups in total. The summed E-state index contributed by atoms with van der Waals surface area (Å²) in [6.45, 7) is 0.111. The SMILES string of the molecule is CCCC[C@@]1(O)C(=O)OCc2c1cc1n(c2=O)Cc2c-1nc1cc(F)c(C)c3c1c2[C@@H](NC(=O)COCNC(=O)CNC(=O)[C@H](Cc1ccccc1)NC(=O)CNC(=O)CNC(=O)[C@H](CCC(=O)NC[C@H]1O[C@@H](CC(N)=O)[C@H](O)C1O)NC(=O)CCNC(=O)CNC(=O)CC(C(=O)O)C(C)N)CC3. The highest BCUT2D eigenvalue weighted by Crippen LogP contribution is 2.46. The highest BCUT2D eigenvalue weighted by Gasteiger charge is 2.47. The number of aliphatic hydroxyl groups is 3. The number of aliphatic carboxylic acids is 1. The number of benzene rings is 2. The molecule has 1 aliphatic carbocycles. The van der Waals surface area contributed by atoms with Crippen molar-refractivity contribution < 1.29 is 101 Å². The van der Waals surface area contributed by atoms with E-state index in [1.807, 2.05) is 6.92 Å². The molecule has 0 spiro atoms. The lowest BCUT2D eigenvalue weighted by Gasteiger charge is -2.32. The molecular weight excluding hydrogens is 1360 g/mol. The minimum absolute atomic E-state index is 0.0102. The lowest BCUT2D eigenvalue weighted by Crippen LogP contribution is -2.53. The van der Waals surface area contributed by atoms with Crippen LogP contribution in [0.5, 0.6) is 0 Å². The summed E-state index contributed by atoms with van der Waals surface area (Å²) in [5.41, 5.74) is 12.2.